The van der Waals surface area contributed by atoms with Crippen LogP contribution < -0.4 is 0 Å². The molecule has 0 aliphatic heterocycles. The first kappa shape index (κ1) is 17.5. The highest BCUT2D eigenvalue weighted by Gasteiger charge is 2.53. The molecule has 1 aliphatic carbocycles. The number of carbonyl (C=O) groups excluding carboxylic acids is 3. The second-order valence-corrected chi connectivity index (χ2v) is 6.80. The van der Waals surface area contributed by atoms with E-state index in [9.17, 15) is 19.5 Å². The van der Waals surface area contributed by atoms with E-state index in [0.717, 1.165) is 17.5 Å². The van der Waals surface area contributed by atoms with E-state index in [1.165, 1.54) is 20.8 Å². The lowest BCUT2D eigenvalue weighted by Gasteiger charge is -2.44. The van der Waals surface area contributed by atoms with Crippen molar-refractivity contribution in [2.75, 3.05) is 0 Å². The highest BCUT2D eigenvalue weighted by molar-refractivity contribution is 6.05. The average molecular weight is 316 g/mol. The van der Waals surface area contributed by atoms with Gasteiger partial charge in [0.15, 0.2) is 0 Å². The van der Waals surface area contributed by atoms with Crippen molar-refractivity contribution in [3.05, 3.63) is 35.4 Å². The number of hydrogen-bond donors (Lipinski definition) is 1. The smallest absolute Gasteiger partial charge is 0.146 e. The Morgan fingerprint density at radius 1 is 1.17 bits per heavy atom. The van der Waals surface area contributed by atoms with Crippen molar-refractivity contribution >= 4 is 17.3 Å². The summed E-state index contributed by atoms with van der Waals surface area (Å²) < 4.78 is 0. The van der Waals surface area contributed by atoms with Gasteiger partial charge in [-0.2, -0.15) is 0 Å². The van der Waals surface area contributed by atoms with Gasteiger partial charge in [-0.1, -0.05) is 31.2 Å². The lowest BCUT2D eigenvalue weighted by atomic mass is 9.60. The van der Waals surface area contributed by atoms with Crippen molar-refractivity contribution in [2.45, 2.75) is 52.1 Å². The number of ketones is 3. The Hall–Kier alpha value is -1.81. The minimum absolute atomic E-state index is 0.162. The molecule has 4 heteroatoms. The second-order valence-electron chi connectivity index (χ2n) is 6.80. The molecule has 0 amide bonds. The standard InChI is InChI=1S/C19H24O4/c1-5-13-6-8-14(9-7-13)17-16(11(2)20)15(22)10-19(4,23)18(17)12(3)21/h6-9,16-18,23H,5,10H2,1-4H3. The Kier molecular flexibility index (Phi) is 4.85. The van der Waals surface area contributed by atoms with Gasteiger partial charge in [0.2, 0.25) is 0 Å². The quantitative estimate of drug-likeness (QED) is 0.866. The maximum Gasteiger partial charge on any atom is 0.146 e. The molecule has 4 atom stereocenters. The van der Waals surface area contributed by atoms with Gasteiger partial charge in [-0.15, -0.1) is 0 Å². The van der Waals surface area contributed by atoms with Gasteiger partial charge < -0.3 is 5.11 Å². The zero-order valence-corrected chi connectivity index (χ0v) is 14.1. The zero-order chi connectivity index (χ0) is 17.4. The highest BCUT2D eigenvalue weighted by atomic mass is 16.3. The van der Waals surface area contributed by atoms with Gasteiger partial charge in [0.25, 0.3) is 0 Å². The topological polar surface area (TPSA) is 71.4 Å². The predicted molar refractivity (Wildman–Crippen MR) is 87.2 cm³/mol. The van der Waals surface area contributed by atoms with Crippen molar-refractivity contribution in [3.63, 3.8) is 0 Å². The summed E-state index contributed by atoms with van der Waals surface area (Å²) in [5, 5.41) is 10.7. The summed E-state index contributed by atoms with van der Waals surface area (Å²) in [6.45, 7) is 6.36. The lowest BCUT2D eigenvalue weighted by molar-refractivity contribution is -0.151. The van der Waals surface area contributed by atoms with Crippen LogP contribution in [0.2, 0.25) is 0 Å². The summed E-state index contributed by atoms with van der Waals surface area (Å²) in [7, 11) is 0. The molecular formula is C19H24O4. The first-order valence-corrected chi connectivity index (χ1v) is 8.04. The molecule has 23 heavy (non-hydrogen) atoms. The van der Waals surface area contributed by atoms with Gasteiger partial charge in [-0.25, -0.2) is 0 Å². The van der Waals surface area contributed by atoms with E-state index in [1.807, 2.05) is 31.2 Å². The normalized spacial score (nSPS) is 31.0. The van der Waals surface area contributed by atoms with Crippen molar-refractivity contribution in [1.29, 1.82) is 0 Å². The van der Waals surface area contributed by atoms with Crippen molar-refractivity contribution in [3.8, 4) is 0 Å². The van der Waals surface area contributed by atoms with Gasteiger partial charge in [0.1, 0.15) is 17.3 Å². The van der Waals surface area contributed by atoms with Crippen LogP contribution in [0, 0.1) is 11.8 Å². The summed E-state index contributed by atoms with van der Waals surface area (Å²) in [4.78, 5) is 36.7. The molecule has 1 aromatic carbocycles. The fraction of sp³-hybridized carbons (Fsp3) is 0.526. The third kappa shape index (κ3) is 3.27. The van der Waals surface area contributed by atoms with Crippen molar-refractivity contribution < 1.29 is 19.5 Å². The van der Waals surface area contributed by atoms with Crippen LogP contribution in [0.25, 0.3) is 0 Å². The van der Waals surface area contributed by atoms with E-state index in [0.29, 0.717) is 0 Å². The molecule has 2 rings (SSSR count). The van der Waals surface area contributed by atoms with Gasteiger partial charge in [0, 0.05) is 12.3 Å². The Labute approximate surface area is 136 Å². The first-order chi connectivity index (χ1) is 10.7. The van der Waals surface area contributed by atoms with Gasteiger partial charge >= 0.3 is 0 Å². The summed E-state index contributed by atoms with van der Waals surface area (Å²) in [5.41, 5.74) is 0.473. The van der Waals surface area contributed by atoms with E-state index >= 15 is 0 Å². The fourth-order valence-electron chi connectivity index (χ4n) is 3.88. The van der Waals surface area contributed by atoms with E-state index in [2.05, 4.69) is 0 Å². The molecule has 1 N–H and O–H groups in total. The minimum atomic E-state index is -1.43. The van der Waals surface area contributed by atoms with Crippen molar-refractivity contribution in [1.82, 2.24) is 0 Å². The number of rotatable bonds is 4. The largest absolute Gasteiger partial charge is 0.389 e. The second kappa shape index (κ2) is 6.36. The zero-order valence-electron chi connectivity index (χ0n) is 14.1. The van der Waals surface area contributed by atoms with E-state index in [-0.39, 0.29) is 23.8 Å². The SMILES string of the molecule is CCc1ccc(C2C(C(C)=O)C(=O)CC(C)(O)C2C(C)=O)cc1. The molecule has 4 nitrogen and oxygen atoms in total. The van der Waals surface area contributed by atoms with Crippen LogP contribution in [0.15, 0.2) is 24.3 Å². The molecule has 1 aliphatic rings. The number of aryl methyl sites for hydroxylation is 1. The summed E-state index contributed by atoms with van der Waals surface area (Å²) >= 11 is 0. The lowest BCUT2D eigenvalue weighted by Crippen LogP contribution is -2.53. The highest BCUT2D eigenvalue weighted by Crippen LogP contribution is 2.46. The predicted octanol–water partition coefficient (Wildman–Crippen LogP) is 2.47. The van der Waals surface area contributed by atoms with Gasteiger partial charge in [0.05, 0.1) is 17.4 Å². The average Bonchev–Trinajstić information content (AvgIpc) is 2.44. The molecule has 1 aromatic rings. The molecule has 4 unspecified atom stereocenters. The van der Waals surface area contributed by atoms with E-state index < -0.39 is 23.4 Å². The number of aliphatic hydroxyl groups is 1. The van der Waals surface area contributed by atoms with Crippen LogP contribution in [0.3, 0.4) is 0 Å². The number of Topliss-reactive ketones (excluding diaryl/α,β-unsaturated/α-hetero) is 3. The third-order valence-electron chi connectivity index (χ3n) is 4.92. The molecule has 0 heterocycles. The first-order valence-electron chi connectivity index (χ1n) is 8.04. The molecule has 0 aromatic heterocycles. The summed E-state index contributed by atoms with van der Waals surface area (Å²) in [5.74, 6) is -2.96. The molecule has 0 spiro atoms. The van der Waals surface area contributed by atoms with Gasteiger partial charge in [-0.3, -0.25) is 14.4 Å². The Bertz CT molecular complexity index is 627. The number of hydrogen-bond acceptors (Lipinski definition) is 4. The van der Waals surface area contributed by atoms with Crippen LogP contribution in [-0.4, -0.2) is 28.1 Å². The van der Waals surface area contributed by atoms with Crippen LogP contribution in [0.1, 0.15) is 51.2 Å². The van der Waals surface area contributed by atoms with E-state index in [1.54, 1.807) is 0 Å². The van der Waals surface area contributed by atoms with Gasteiger partial charge in [-0.05, 0) is 38.3 Å². The molecule has 1 saturated carbocycles. The Morgan fingerprint density at radius 3 is 2.17 bits per heavy atom. The molecule has 0 saturated heterocycles. The molecule has 124 valence electrons. The van der Waals surface area contributed by atoms with Crippen molar-refractivity contribution in [2.24, 2.45) is 11.8 Å². The Morgan fingerprint density at radius 2 is 1.74 bits per heavy atom. The number of benzene rings is 1. The van der Waals surface area contributed by atoms with E-state index in [4.69, 9.17) is 0 Å². The molecule has 0 radical (unpaired) electrons. The maximum atomic E-state index is 12.4. The van der Waals surface area contributed by atoms with Crippen LogP contribution in [0.5, 0.6) is 0 Å². The minimum Gasteiger partial charge on any atom is -0.389 e. The molecular weight excluding hydrogens is 292 g/mol. The fourth-order valence-corrected chi connectivity index (χ4v) is 3.88. The summed E-state index contributed by atoms with van der Waals surface area (Å²) in [6.07, 6.45) is 0.721. The van der Waals surface area contributed by atoms with Crippen LogP contribution in [0.4, 0.5) is 0 Å². The monoisotopic (exact) mass is 316 g/mol. The molecule has 1 fully saturated rings. The maximum absolute atomic E-state index is 12.4. The van der Waals surface area contributed by atoms with Crippen LogP contribution >= 0.6 is 0 Å². The number of carbonyl (C=O) groups is 3. The third-order valence-corrected chi connectivity index (χ3v) is 4.92. The Balaban J connectivity index is 2.58. The van der Waals surface area contributed by atoms with Crippen LogP contribution in [-0.2, 0) is 20.8 Å². The molecule has 0 bridgehead atoms. The summed E-state index contributed by atoms with van der Waals surface area (Å²) in [6, 6.07) is 7.61.